The lowest BCUT2D eigenvalue weighted by atomic mass is 9.93. The van der Waals surface area contributed by atoms with E-state index in [0.717, 1.165) is 0 Å². The Morgan fingerprint density at radius 1 is 0.194 bits per heavy atom. The van der Waals surface area contributed by atoms with Crippen LogP contribution in [-0.4, -0.2) is 0 Å². The second-order valence-electron chi connectivity index (χ2n) is 16.0. The molecule has 0 atom stereocenters. The van der Waals surface area contributed by atoms with Gasteiger partial charge in [-0.25, -0.2) is 0 Å². The average molecular weight is 823 g/mol. The Labute approximate surface area is 369 Å². The standard InChI is InChI=1S/C60H38S2/c1-3-31-57-53(25-1)55-29-11-27-51(59(55)61-57)49-23-9-21-47(37-49)45-19-7-17-43(35-45)41-15-5-13-39(33-41)40-14-6-16-42(34-40)44-18-8-20-46(36-44)48-22-10-24-50(38-48)52-28-12-30-56-54-26-2-4-32-58(54)62-60(52)56/h1-38H. The molecule has 12 aromatic rings. The molecule has 290 valence electrons. The van der Waals surface area contributed by atoms with Crippen molar-refractivity contribution in [3.8, 4) is 77.9 Å². The third-order valence-electron chi connectivity index (χ3n) is 12.3. The smallest absolute Gasteiger partial charge is 0.0433 e. The number of hydrogen-bond donors (Lipinski definition) is 0. The third-order valence-corrected chi connectivity index (χ3v) is 14.7. The molecule has 0 radical (unpaired) electrons. The molecule has 0 amide bonds. The van der Waals surface area contributed by atoms with Crippen molar-refractivity contribution in [1.82, 2.24) is 0 Å². The van der Waals surface area contributed by atoms with Crippen LogP contribution in [0.3, 0.4) is 0 Å². The highest BCUT2D eigenvalue weighted by Gasteiger charge is 2.14. The number of rotatable bonds is 7. The van der Waals surface area contributed by atoms with Crippen molar-refractivity contribution in [3.63, 3.8) is 0 Å². The molecule has 12 rings (SSSR count). The monoisotopic (exact) mass is 822 g/mol. The summed E-state index contributed by atoms with van der Waals surface area (Å²) in [6.07, 6.45) is 0. The van der Waals surface area contributed by atoms with E-state index in [1.54, 1.807) is 0 Å². The minimum atomic E-state index is 1.20. The Balaban J connectivity index is 0.833. The summed E-state index contributed by atoms with van der Waals surface area (Å²) in [5, 5.41) is 5.31. The topological polar surface area (TPSA) is 0 Å². The largest absolute Gasteiger partial charge is 0.135 e. The Morgan fingerprint density at radius 2 is 0.435 bits per heavy atom. The minimum absolute atomic E-state index is 1.20. The molecule has 0 bridgehead atoms. The van der Waals surface area contributed by atoms with Gasteiger partial charge in [-0.3, -0.25) is 0 Å². The van der Waals surface area contributed by atoms with Crippen molar-refractivity contribution >= 4 is 63.0 Å². The molecule has 2 heteroatoms. The second kappa shape index (κ2) is 15.3. The third kappa shape index (κ3) is 6.53. The number of thiophene rings is 2. The molecule has 0 nitrogen and oxygen atoms in total. The van der Waals surface area contributed by atoms with E-state index in [1.807, 2.05) is 22.7 Å². The molecule has 0 saturated heterocycles. The zero-order valence-corrected chi connectivity index (χ0v) is 35.4. The fourth-order valence-corrected chi connectivity index (χ4v) is 11.7. The average Bonchev–Trinajstić information content (AvgIpc) is 3.93. The summed E-state index contributed by atoms with van der Waals surface area (Å²) >= 11 is 3.77. The Hall–Kier alpha value is -7.36. The lowest BCUT2D eigenvalue weighted by Gasteiger charge is -2.12. The van der Waals surface area contributed by atoms with Gasteiger partial charge in [0.25, 0.3) is 0 Å². The summed E-state index contributed by atoms with van der Waals surface area (Å²) in [6.45, 7) is 0. The van der Waals surface area contributed by atoms with E-state index in [2.05, 4.69) is 231 Å². The van der Waals surface area contributed by atoms with E-state index in [9.17, 15) is 0 Å². The zero-order valence-electron chi connectivity index (χ0n) is 33.8. The second-order valence-corrected chi connectivity index (χ2v) is 18.2. The molecule has 0 aliphatic rings. The van der Waals surface area contributed by atoms with Gasteiger partial charge in [0.2, 0.25) is 0 Å². The molecular weight excluding hydrogens is 785 g/mol. The number of hydrogen-bond acceptors (Lipinski definition) is 2. The summed E-state index contributed by atoms with van der Waals surface area (Å²) in [5.41, 5.74) is 17.1. The Morgan fingerprint density at radius 3 is 0.758 bits per heavy atom. The van der Waals surface area contributed by atoms with Gasteiger partial charge in [-0.2, -0.15) is 0 Å². The van der Waals surface area contributed by atoms with Crippen LogP contribution in [0, 0.1) is 0 Å². The first-order chi connectivity index (χ1) is 30.7. The number of fused-ring (bicyclic) bond motifs is 6. The van der Waals surface area contributed by atoms with Crippen molar-refractivity contribution in [3.05, 3.63) is 231 Å². The first-order valence-corrected chi connectivity index (χ1v) is 22.8. The van der Waals surface area contributed by atoms with Crippen LogP contribution in [0.5, 0.6) is 0 Å². The van der Waals surface area contributed by atoms with Crippen LogP contribution in [-0.2, 0) is 0 Å². The van der Waals surface area contributed by atoms with E-state index >= 15 is 0 Å². The molecule has 0 spiro atoms. The van der Waals surface area contributed by atoms with Gasteiger partial charge in [0, 0.05) is 40.3 Å². The van der Waals surface area contributed by atoms with Crippen LogP contribution in [0.1, 0.15) is 0 Å². The van der Waals surface area contributed by atoms with Crippen LogP contribution < -0.4 is 0 Å². The van der Waals surface area contributed by atoms with Gasteiger partial charge in [-0.1, -0.05) is 182 Å². The van der Waals surface area contributed by atoms with Gasteiger partial charge < -0.3 is 0 Å². The van der Waals surface area contributed by atoms with Crippen molar-refractivity contribution in [2.75, 3.05) is 0 Å². The fourth-order valence-electron chi connectivity index (χ4n) is 9.19. The maximum atomic E-state index is 2.35. The van der Waals surface area contributed by atoms with Gasteiger partial charge in [-0.05, 0) is 126 Å². The lowest BCUT2D eigenvalue weighted by molar-refractivity contribution is 1.56. The normalized spacial score (nSPS) is 11.5. The molecule has 0 N–H and O–H groups in total. The summed E-state index contributed by atoms with van der Waals surface area (Å²) in [5.74, 6) is 0. The van der Waals surface area contributed by atoms with Crippen molar-refractivity contribution in [2.45, 2.75) is 0 Å². The Bertz CT molecular complexity index is 3410. The van der Waals surface area contributed by atoms with Crippen LogP contribution in [0.15, 0.2) is 231 Å². The van der Waals surface area contributed by atoms with Gasteiger partial charge in [0.15, 0.2) is 0 Å². The van der Waals surface area contributed by atoms with Gasteiger partial charge in [0.1, 0.15) is 0 Å². The van der Waals surface area contributed by atoms with Gasteiger partial charge >= 0.3 is 0 Å². The first kappa shape index (κ1) is 36.5. The molecule has 10 aromatic carbocycles. The summed E-state index contributed by atoms with van der Waals surface area (Å²) in [4.78, 5) is 0. The molecule has 2 aromatic heterocycles. The molecule has 2 heterocycles. The maximum absolute atomic E-state index is 2.35. The lowest BCUT2D eigenvalue weighted by Crippen LogP contribution is -1.86. The van der Waals surface area contributed by atoms with E-state index in [4.69, 9.17) is 0 Å². The summed E-state index contributed by atoms with van der Waals surface area (Å²) in [7, 11) is 0. The first-order valence-electron chi connectivity index (χ1n) is 21.1. The molecule has 0 aliphatic heterocycles. The van der Waals surface area contributed by atoms with E-state index in [0.29, 0.717) is 0 Å². The van der Waals surface area contributed by atoms with Crippen molar-refractivity contribution in [1.29, 1.82) is 0 Å². The molecule has 0 saturated carbocycles. The number of benzene rings is 10. The molecular formula is C60H38S2. The maximum Gasteiger partial charge on any atom is 0.0433 e. The molecule has 0 fully saturated rings. The van der Waals surface area contributed by atoms with Crippen LogP contribution in [0.4, 0.5) is 0 Å². The van der Waals surface area contributed by atoms with Crippen LogP contribution >= 0.6 is 22.7 Å². The molecule has 62 heavy (non-hydrogen) atoms. The van der Waals surface area contributed by atoms with Crippen molar-refractivity contribution < 1.29 is 0 Å². The van der Waals surface area contributed by atoms with Gasteiger partial charge in [0.05, 0.1) is 0 Å². The summed E-state index contributed by atoms with van der Waals surface area (Å²) in [6, 6.07) is 84.8. The minimum Gasteiger partial charge on any atom is -0.135 e. The van der Waals surface area contributed by atoms with Gasteiger partial charge in [-0.15, -0.1) is 22.7 Å². The van der Waals surface area contributed by atoms with Crippen LogP contribution in [0.25, 0.3) is 118 Å². The van der Waals surface area contributed by atoms with Crippen molar-refractivity contribution in [2.24, 2.45) is 0 Å². The SMILES string of the molecule is c1cc(-c2cccc(-c3cccc(-c4cccc(-c5cccc6c5sc5ccccc56)c4)c3)c2)cc(-c2cccc(-c3cccc(-c4cccc5c4sc4ccccc45)c3)c2)c1. The van der Waals surface area contributed by atoms with E-state index in [1.165, 1.54) is 118 Å². The zero-order chi connectivity index (χ0) is 41.0. The Kier molecular flexibility index (Phi) is 8.99. The fraction of sp³-hybridized carbons (Fsp3) is 0. The molecule has 0 aliphatic carbocycles. The van der Waals surface area contributed by atoms with E-state index < -0.39 is 0 Å². The highest BCUT2D eigenvalue weighted by molar-refractivity contribution is 7.26. The predicted molar refractivity (Wildman–Crippen MR) is 270 cm³/mol. The quantitative estimate of drug-likeness (QED) is 0.150. The van der Waals surface area contributed by atoms with E-state index in [-0.39, 0.29) is 0 Å². The molecule has 0 unspecified atom stereocenters. The summed E-state index contributed by atoms with van der Waals surface area (Å²) < 4.78 is 5.35. The highest BCUT2D eigenvalue weighted by atomic mass is 32.1. The highest BCUT2D eigenvalue weighted by Crippen LogP contribution is 2.43. The van der Waals surface area contributed by atoms with Crippen LogP contribution in [0.2, 0.25) is 0 Å². The predicted octanol–water partition coefficient (Wildman–Crippen LogP) is 18.1.